The van der Waals surface area contributed by atoms with Gasteiger partial charge in [-0.25, -0.2) is 0 Å². The second-order valence-electron chi connectivity index (χ2n) is 7.72. The lowest BCUT2D eigenvalue weighted by Crippen LogP contribution is -2.35. The average Bonchev–Trinajstić information content (AvgIpc) is 3.51. The van der Waals surface area contributed by atoms with E-state index in [1.807, 2.05) is 18.2 Å². The van der Waals surface area contributed by atoms with E-state index in [2.05, 4.69) is 72.8 Å². The minimum absolute atomic E-state index is 0.00757. The Morgan fingerprint density at radius 2 is 1.21 bits per heavy atom. The molecule has 0 aromatic heterocycles. The van der Waals surface area contributed by atoms with Gasteiger partial charge in [0.2, 0.25) is 0 Å². The van der Waals surface area contributed by atoms with E-state index in [0.29, 0.717) is 6.61 Å². The fraction of sp³-hybridized carbons (Fsp3) is 0.280. The first-order valence-corrected chi connectivity index (χ1v) is 9.93. The van der Waals surface area contributed by atoms with Gasteiger partial charge in [0, 0.05) is 5.92 Å². The first kappa shape index (κ1) is 17.6. The Kier molecular flexibility index (Phi) is 4.52. The lowest BCUT2D eigenvalue weighted by Gasteiger charge is -2.37. The number of ether oxygens (including phenoxy) is 2. The van der Waals surface area contributed by atoms with Crippen LogP contribution in [0.15, 0.2) is 91.0 Å². The lowest BCUT2D eigenvalue weighted by atomic mass is 9.80. The molecular weight excluding hydrogens is 348 g/mol. The molecule has 3 heteroatoms. The Morgan fingerprint density at radius 1 is 0.750 bits per heavy atom. The zero-order valence-corrected chi connectivity index (χ0v) is 15.6. The largest absolute Gasteiger partial charge is 0.390 e. The van der Waals surface area contributed by atoms with Gasteiger partial charge in [-0.05, 0) is 23.1 Å². The van der Waals surface area contributed by atoms with E-state index in [0.717, 1.165) is 23.1 Å². The summed E-state index contributed by atoms with van der Waals surface area (Å²) in [5, 5.41) is 10.1. The van der Waals surface area contributed by atoms with Crippen molar-refractivity contribution in [1.29, 1.82) is 0 Å². The van der Waals surface area contributed by atoms with E-state index in [1.165, 1.54) is 0 Å². The SMILES string of the molecule is OC1CC(COC(c2ccccc2)(c2ccccc2)c2ccccc2)C2OC12. The molecule has 0 amide bonds. The van der Waals surface area contributed by atoms with Crippen LogP contribution in [0, 0.1) is 5.92 Å². The molecule has 1 aliphatic carbocycles. The minimum atomic E-state index is -0.707. The van der Waals surface area contributed by atoms with Crippen LogP contribution in [-0.4, -0.2) is 30.0 Å². The van der Waals surface area contributed by atoms with Gasteiger partial charge in [-0.1, -0.05) is 91.0 Å². The molecule has 2 fully saturated rings. The van der Waals surface area contributed by atoms with Crippen molar-refractivity contribution in [1.82, 2.24) is 0 Å². The van der Waals surface area contributed by atoms with Gasteiger partial charge in [0.15, 0.2) is 0 Å². The molecule has 142 valence electrons. The number of fused-ring (bicyclic) bond motifs is 1. The van der Waals surface area contributed by atoms with Crippen LogP contribution in [0.3, 0.4) is 0 Å². The van der Waals surface area contributed by atoms with Gasteiger partial charge >= 0.3 is 0 Å². The van der Waals surface area contributed by atoms with E-state index in [1.54, 1.807) is 0 Å². The number of hydrogen-bond acceptors (Lipinski definition) is 3. The molecule has 5 rings (SSSR count). The first-order chi connectivity index (χ1) is 13.8. The number of benzene rings is 3. The molecule has 1 saturated heterocycles. The second-order valence-corrected chi connectivity index (χ2v) is 7.72. The van der Waals surface area contributed by atoms with E-state index in [-0.39, 0.29) is 24.2 Å². The van der Waals surface area contributed by atoms with E-state index >= 15 is 0 Å². The quantitative estimate of drug-likeness (QED) is 0.522. The van der Waals surface area contributed by atoms with Crippen LogP contribution in [0.25, 0.3) is 0 Å². The van der Waals surface area contributed by atoms with Crippen molar-refractivity contribution >= 4 is 0 Å². The summed E-state index contributed by atoms with van der Waals surface area (Å²) in [6, 6.07) is 31.2. The maximum Gasteiger partial charge on any atom is 0.143 e. The fourth-order valence-corrected chi connectivity index (χ4v) is 4.57. The number of hydrogen-bond donors (Lipinski definition) is 1. The molecule has 1 heterocycles. The van der Waals surface area contributed by atoms with E-state index < -0.39 is 5.60 Å². The average molecular weight is 372 g/mol. The normalized spacial score (nSPS) is 26.0. The molecule has 3 nitrogen and oxygen atoms in total. The van der Waals surface area contributed by atoms with Gasteiger partial charge in [-0.3, -0.25) is 0 Å². The van der Waals surface area contributed by atoms with Crippen molar-refractivity contribution in [3.63, 3.8) is 0 Å². The fourth-order valence-electron chi connectivity index (χ4n) is 4.57. The topological polar surface area (TPSA) is 42.0 Å². The summed E-state index contributed by atoms with van der Waals surface area (Å²) in [4.78, 5) is 0. The van der Waals surface area contributed by atoms with E-state index in [9.17, 15) is 5.11 Å². The highest BCUT2D eigenvalue weighted by molar-refractivity contribution is 5.47. The van der Waals surface area contributed by atoms with Crippen molar-refractivity contribution in [3.05, 3.63) is 108 Å². The van der Waals surface area contributed by atoms with Crippen LogP contribution in [0.1, 0.15) is 23.1 Å². The zero-order chi connectivity index (χ0) is 19.0. The second kappa shape index (κ2) is 7.17. The maximum atomic E-state index is 10.1. The van der Waals surface area contributed by atoms with Crippen molar-refractivity contribution in [2.45, 2.75) is 30.3 Å². The molecule has 1 N–H and O–H groups in total. The summed E-state index contributed by atoms with van der Waals surface area (Å²) in [5.74, 6) is 0.218. The summed E-state index contributed by atoms with van der Waals surface area (Å²) in [5.41, 5.74) is 2.58. The van der Waals surface area contributed by atoms with Crippen LogP contribution in [0.5, 0.6) is 0 Å². The molecular formula is C25H24O3. The Morgan fingerprint density at radius 3 is 1.57 bits per heavy atom. The monoisotopic (exact) mass is 372 g/mol. The van der Waals surface area contributed by atoms with Crippen molar-refractivity contribution in [2.75, 3.05) is 6.61 Å². The van der Waals surface area contributed by atoms with Crippen LogP contribution >= 0.6 is 0 Å². The van der Waals surface area contributed by atoms with Crippen LogP contribution in [0.4, 0.5) is 0 Å². The Hall–Kier alpha value is -2.46. The molecule has 0 bridgehead atoms. The Balaban J connectivity index is 1.60. The Bertz CT molecular complexity index is 814. The zero-order valence-electron chi connectivity index (χ0n) is 15.6. The summed E-state index contributed by atoms with van der Waals surface area (Å²) < 4.78 is 12.5. The molecule has 1 saturated carbocycles. The highest BCUT2D eigenvalue weighted by Crippen LogP contribution is 2.46. The summed E-state index contributed by atoms with van der Waals surface area (Å²) in [7, 11) is 0. The molecule has 4 atom stereocenters. The van der Waals surface area contributed by atoms with Gasteiger partial charge < -0.3 is 14.6 Å². The predicted molar refractivity (Wildman–Crippen MR) is 108 cm³/mol. The predicted octanol–water partition coefficient (Wildman–Crippen LogP) is 4.14. The molecule has 2 aliphatic rings. The van der Waals surface area contributed by atoms with Gasteiger partial charge in [0.1, 0.15) is 11.7 Å². The third kappa shape index (κ3) is 2.96. The van der Waals surface area contributed by atoms with Crippen LogP contribution < -0.4 is 0 Å². The standard InChI is InChI=1S/C25H24O3/c26-22-16-18(23-24(22)28-23)17-27-25(19-10-4-1-5-11-19,20-12-6-2-7-13-20)21-14-8-3-9-15-21/h1-15,18,22-24,26H,16-17H2. The maximum absolute atomic E-state index is 10.1. The van der Waals surface area contributed by atoms with Gasteiger partial charge in [0.25, 0.3) is 0 Å². The lowest BCUT2D eigenvalue weighted by molar-refractivity contribution is -0.0227. The highest BCUT2D eigenvalue weighted by atomic mass is 16.6. The molecule has 3 aromatic rings. The number of rotatable bonds is 6. The molecule has 3 aromatic carbocycles. The third-order valence-electron chi connectivity index (χ3n) is 6.00. The minimum Gasteiger partial charge on any atom is -0.390 e. The smallest absolute Gasteiger partial charge is 0.143 e. The number of epoxide rings is 1. The van der Waals surface area contributed by atoms with Crippen molar-refractivity contribution < 1.29 is 14.6 Å². The van der Waals surface area contributed by atoms with Crippen LogP contribution in [0.2, 0.25) is 0 Å². The number of aliphatic hydroxyl groups is 1. The van der Waals surface area contributed by atoms with Gasteiger partial charge in [-0.15, -0.1) is 0 Å². The molecule has 0 spiro atoms. The highest BCUT2D eigenvalue weighted by Gasteiger charge is 2.56. The molecule has 0 radical (unpaired) electrons. The molecule has 28 heavy (non-hydrogen) atoms. The van der Waals surface area contributed by atoms with Crippen molar-refractivity contribution in [2.24, 2.45) is 5.92 Å². The first-order valence-electron chi connectivity index (χ1n) is 9.93. The molecule has 4 unspecified atom stereocenters. The summed E-state index contributed by atoms with van der Waals surface area (Å²) >= 11 is 0. The summed E-state index contributed by atoms with van der Waals surface area (Å²) in [6.45, 7) is 0.539. The van der Waals surface area contributed by atoms with Gasteiger partial charge in [0.05, 0.1) is 18.8 Å². The molecule has 1 aliphatic heterocycles. The van der Waals surface area contributed by atoms with E-state index in [4.69, 9.17) is 9.47 Å². The summed E-state index contributed by atoms with van der Waals surface area (Å²) in [6.07, 6.45) is 0.519. The van der Waals surface area contributed by atoms with Crippen molar-refractivity contribution in [3.8, 4) is 0 Å². The third-order valence-corrected chi connectivity index (χ3v) is 6.00. The van der Waals surface area contributed by atoms with Crippen LogP contribution in [-0.2, 0) is 15.1 Å². The number of aliphatic hydroxyl groups excluding tert-OH is 1. The van der Waals surface area contributed by atoms with Gasteiger partial charge in [-0.2, -0.15) is 0 Å². The Labute approximate surface area is 165 Å².